The molecule has 0 saturated carbocycles. The van der Waals surface area contributed by atoms with E-state index in [2.05, 4.69) is 9.71 Å². The summed E-state index contributed by atoms with van der Waals surface area (Å²) in [6, 6.07) is 17.6. The molecule has 0 fully saturated rings. The molecule has 4 aromatic rings. The summed E-state index contributed by atoms with van der Waals surface area (Å²) in [5.74, 6) is 0.309. The van der Waals surface area contributed by atoms with Crippen molar-refractivity contribution in [3.63, 3.8) is 0 Å². The quantitative estimate of drug-likeness (QED) is 0.282. The lowest BCUT2D eigenvalue weighted by Gasteiger charge is -2.35. The predicted molar refractivity (Wildman–Crippen MR) is 128 cm³/mol. The summed E-state index contributed by atoms with van der Waals surface area (Å²) in [6.07, 6.45) is -4.37. The summed E-state index contributed by atoms with van der Waals surface area (Å²) in [4.78, 5) is 4.94. The summed E-state index contributed by atoms with van der Waals surface area (Å²) >= 11 is 0. The van der Waals surface area contributed by atoms with Crippen LogP contribution in [0.5, 0.6) is 0 Å². The lowest BCUT2D eigenvalue weighted by atomic mass is 10.0. The Morgan fingerprint density at radius 2 is 1.39 bits per heavy atom. The zero-order valence-electron chi connectivity index (χ0n) is 18.2. The van der Waals surface area contributed by atoms with Gasteiger partial charge in [0, 0.05) is 5.39 Å². The Bertz CT molecular complexity index is 1310. The molecule has 33 heavy (non-hydrogen) atoms. The second-order valence-corrected chi connectivity index (χ2v) is 9.77. The van der Waals surface area contributed by atoms with Gasteiger partial charge >= 0.3 is 6.18 Å². The van der Waals surface area contributed by atoms with Crippen LogP contribution in [-0.4, -0.2) is 14.1 Å². The second kappa shape index (κ2) is 8.37. The van der Waals surface area contributed by atoms with Gasteiger partial charge in [0.1, 0.15) is 5.82 Å². The summed E-state index contributed by atoms with van der Waals surface area (Å²) in [5, 5.41) is 0.775. The number of pyridine rings is 1. The van der Waals surface area contributed by atoms with Crippen LogP contribution in [0.3, 0.4) is 0 Å². The van der Waals surface area contributed by atoms with E-state index in [9.17, 15) is 22.3 Å². The first-order chi connectivity index (χ1) is 15.4. The van der Waals surface area contributed by atoms with Gasteiger partial charge in [-0.15, -0.1) is 0 Å². The molecule has 4 nitrogen and oxygen atoms in total. The highest BCUT2D eigenvalue weighted by Crippen LogP contribution is 2.51. The van der Waals surface area contributed by atoms with E-state index < -0.39 is 22.5 Å². The van der Waals surface area contributed by atoms with Gasteiger partial charge in [0.05, 0.1) is 16.0 Å². The van der Waals surface area contributed by atoms with Crippen molar-refractivity contribution in [2.45, 2.75) is 31.8 Å². The second-order valence-electron chi connectivity index (χ2n) is 8.06. The molecule has 1 aromatic heterocycles. The number of hydrogen-bond donors (Lipinski definition) is 3. The van der Waals surface area contributed by atoms with E-state index in [1.54, 1.807) is 24.3 Å². The van der Waals surface area contributed by atoms with E-state index in [0.29, 0.717) is 21.8 Å². The van der Waals surface area contributed by atoms with E-state index >= 15 is 0 Å². The number of rotatable bonds is 4. The number of aryl methyl sites for hydroxylation is 3. The van der Waals surface area contributed by atoms with Crippen LogP contribution in [0.2, 0.25) is 0 Å². The van der Waals surface area contributed by atoms with Crippen molar-refractivity contribution < 1.29 is 22.3 Å². The number of fused-ring (bicyclic) bond motifs is 1. The first-order valence-corrected chi connectivity index (χ1v) is 11.7. The van der Waals surface area contributed by atoms with Gasteiger partial charge < -0.3 is 0 Å². The fraction of sp³-hybridized carbons (Fsp3) is 0.160. The Kier molecular flexibility index (Phi) is 5.86. The average Bonchev–Trinajstić information content (AvgIpc) is 2.71. The minimum Gasteiger partial charge on any atom is -0.278 e. The minimum absolute atomic E-state index is 0.309. The monoisotopic (exact) mass is 472 g/mol. The van der Waals surface area contributed by atoms with Crippen molar-refractivity contribution in [3.8, 4) is 11.1 Å². The Hall–Kier alpha value is -3.07. The topological polar surface area (TPSA) is 65.4 Å². The number of aromatic nitrogens is 1. The zero-order chi connectivity index (χ0) is 24.0. The maximum absolute atomic E-state index is 12.8. The maximum Gasteiger partial charge on any atom is 0.416 e. The molecular formula is C25H23F3N2O2S. The van der Waals surface area contributed by atoms with Gasteiger partial charge in [-0.1, -0.05) is 46.7 Å². The van der Waals surface area contributed by atoms with Crippen LogP contribution in [0.25, 0.3) is 22.0 Å². The number of nitrogens with one attached hydrogen (secondary N) is 1. The smallest absolute Gasteiger partial charge is 0.278 e. The van der Waals surface area contributed by atoms with Gasteiger partial charge in [0.2, 0.25) is 0 Å². The zero-order valence-corrected chi connectivity index (χ0v) is 19.1. The van der Waals surface area contributed by atoms with Gasteiger partial charge in [0.25, 0.3) is 0 Å². The molecule has 0 radical (unpaired) electrons. The van der Waals surface area contributed by atoms with E-state index in [1.165, 1.54) is 12.1 Å². The van der Waals surface area contributed by atoms with Crippen LogP contribution < -0.4 is 4.72 Å². The first-order valence-electron chi connectivity index (χ1n) is 10.2. The molecule has 3 aromatic carbocycles. The van der Waals surface area contributed by atoms with E-state index in [1.807, 2.05) is 39.0 Å². The highest BCUT2D eigenvalue weighted by Gasteiger charge is 2.30. The molecule has 0 spiro atoms. The molecule has 0 unspecified atom stereocenters. The normalized spacial score (nSPS) is 12.7. The fourth-order valence-corrected chi connectivity index (χ4v) is 5.55. The van der Waals surface area contributed by atoms with Crippen molar-refractivity contribution in [1.82, 2.24) is 4.98 Å². The molecule has 0 bridgehead atoms. The molecule has 0 aliphatic heterocycles. The Labute approximate surface area is 191 Å². The van der Waals surface area contributed by atoms with Crippen LogP contribution in [-0.2, 0) is 6.18 Å². The number of halogens is 3. The number of nitrogens with zero attached hydrogens (tertiary/aromatic N) is 1. The van der Waals surface area contributed by atoms with Crippen LogP contribution in [0.4, 0.5) is 19.0 Å². The van der Waals surface area contributed by atoms with Crippen molar-refractivity contribution in [3.05, 3.63) is 89.0 Å². The average molecular weight is 473 g/mol. The summed E-state index contributed by atoms with van der Waals surface area (Å²) < 4.78 is 62.9. The van der Waals surface area contributed by atoms with Crippen molar-refractivity contribution >= 4 is 27.5 Å². The van der Waals surface area contributed by atoms with Gasteiger partial charge in [0.15, 0.2) is 0 Å². The maximum atomic E-state index is 12.8. The third kappa shape index (κ3) is 4.83. The highest BCUT2D eigenvalue weighted by atomic mass is 32.3. The van der Waals surface area contributed by atoms with Crippen LogP contribution >= 0.6 is 10.8 Å². The lowest BCUT2D eigenvalue weighted by Crippen LogP contribution is -2.13. The first kappa shape index (κ1) is 23.1. The number of anilines is 1. The number of benzene rings is 3. The molecule has 4 rings (SSSR count). The standard InChI is InChI=1S/C25H23F3N2O2S/c1-15-12-16(2)24(17(3)13-15)33(31,32)30-23-11-7-20-14-19(6-10-22(20)29-23)18-4-8-21(9-5-18)25(26,27)28/h4-14,31-32H,1-3H3,(H,29,30). The molecule has 8 heteroatoms. The molecule has 0 atom stereocenters. The Balaban J connectivity index is 1.62. The summed E-state index contributed by atoms with van der Waals surface area (Å²) in [7, 11) is -3.33. The number of hydrogen-bond acceptors (Lipinski definition) is 4. The van der Waals surface area contributed by atoms with Crippen LogP contribution in [0.1, 0.15) is 22.3 Å². The largest absolute Gasteiger partial charge is 0.416 e. The Morgan fingerprint density at radius 1 is 0.788 bits per heavy atom. The van der Waals surface area contributed by atoms with Crippen molar-refractivity contribution in [1.29, 1.82) is 0 Å². The number of alkyl halides is 3. The fourth-order valence-electron chi connectivity index (χ4n) is 4.03. The molecule has 0 amide bonds. The van der Waals surface area contributed by atoms with Gasteiger partial charge in [-0.05, 0) is 79.4 Å². The van der Waals surface area contributed by atoms with Crippen molar-refractivity contribution in [2.75, 3.05) is 4.72 Å². The third-order valence-electron chi connectivity index (χ3n) is 5.37. The van der Waals surface area contributed by atoms with Gasteiger partial charge in [-0.25, -0.2) is 4.98 Å². The van der Waals surface area contributed by atoms with E-state index in [0.717, 1.165) is 39.8 Å². The predicted octanol–water partition coefficient (Wildman–Crippen LogP) is 7.98. The highest BCUT2D eigenvalue weighted by molar-refractivity contribution is 8.25. The molecule has 1 heterocycles. The van der Waals surface area contributed by atoms with Crippen LogP contribution in [0.15, 0.2) is 71.6 Å². The lowest BCUT2D eigenvalue weighted by molar-refractivity contribution is -0.137. The molecule has 3 N–H and O–H groups in total. The summed E-state index contributed by atoms with van der Waals surface area (Å²) in [5.41, 5.74) is 3.94. The van der Waals surface area contributed by atoms with Gasteiger partial charge in [-0.3, -0.25) is 13.8 Å². The van der Waals surface area contributed by atoms with E-state index in [4.69, 9.17) is 0 Å². The SMILES string of the molecule is Cc1cc(C)c(S(O)(O)Nc2ccc3cc(-c4ccc(C(F)(F)F)cc4)ccc3n2)c(C)c1. The third-order valence-corrected chi connectivity index (χ3v) is 7.08. The van der Waals surface area contributed by atoms with Gasteiger partial charge in [-0.2, -0.15) is 13.2 Å². The van der Waals surface area contributed by atoms with E-state index in [-0.39, 0.29) is 0 Å². The Morgan fingerprint density at radius 3 is 2.00 bits per heavy atom. The summed E-state index contributed by atoms with van der Waals surface area (Å²) in [6.45, 7) is 5.62. The molecular weight excluding hydrogens is 449 g/mol. The molecule has 0 aliphatic carbocycles. The molecule has 0 aliphatic rings. The van der Waals surface area contributed by atoms with Crippen molar-refractivity contribution in [2.24, 2.45) is 0 Å². The van der Waals surface area contributed by atoms with Crippen LogP contribution in [0, 0.1) is 20.8 Å². The molecule has 0 saturated heterocycles. The molecule has 172 valence electrons. The minimum atomic E-state index is -4.37.